The van der Waals surface area contributed by atoms with E-state index < -0.39 is 7.67 Å². The number of phenolic OH excluding ortho intramolecular Hbond substituents is 1. The third kappa shape index (κ3) is 3.55. The van der Waals surface area contributed by atoms with Crippen LogP contribution in [0.15, 0.2) is 18.2 Å². The number of rotatable bonds is 3. The molecule has 0 saturated carbocycles. The molecule has 0 aliphatic rings. The van der Waals surface area contributed by atoms with E-state index in [0.717, 1.165) is 0 Å². The molecule has 6 heteroatoms. The highest BCUT2D eigenvalue weighted by atomic mass is 31.2. The number of anilines is 1. The topological polar surface area (TPSA) is 95.6 Å². The summed E-state index contributed by atoms with van der Waals surface area (Å²) in [5.41, 5.74) is 6.09. The van der Waals surface area contributed by atoms with Gasteiger partial charge in [0.2, 0.25) is 0 Å². The monoisotopic (exact) mass is 230 g/mol. The molecule has 15 heavy (non-hydrogen) atoms. The maximum atomic E-state index is 10.9. The molecule has 0 saturated heterocycles. The van der Waals surface area contributed by atoms with Gasteiger partial charge in [-0.2, -0.15) is 0 Å². The maximum absolute atomic E-state index is 10.9. The molecule has 1 aromatic rings. The second-order valence-corrected chi connectivity index (χ2v) is 5.13. The van der Waals surface area contributed by atoms with Crippen LogP contribution in [-0.4, -0.2) is 10.00 Å². The highest BCUT2D eigenvalue weighted by Crippen LogP contribution is 2.35. The van der Waals surface area contributed by atoms with Crippen LogP contribution in [0.25, 0.3) is 0 Å². The predicted octanol–water partition coefficient (Wildman–Crippen LogP) is 1.99. The molecular formula is C9H15N2O3P. The highest BCUT2D eigenvalue weighted by molar-refractivity contribution is 7.57. The van der Waals surface area contributed by atoms with Crippen LogP contribution in [0.5, 0.6) is 5.75 Å². The van der Waals surface area contributed by atoms with Crippen molar-refractivity contribution >= 4 is 13.4 Å². The molecule has 1 rings (SSSR count). The smallest absolute Gasteiger partial charge is 0.360 e. The summed E-state index contributed by atoms with van der Waals surface area (Å²) in [4.78, 5) is 8.93. The highest BCUT2D eigenvalue weighted by Gasteiger charge is 2.12. The summed E-state index contributed by atoms with van der Waals surface area (Å²) in [6.45, 7) is 3.83. The molecule has 84 valence electrons. The third-order valence-corrected chi connectivity index (χ3v) is 2.52. The number of benzene rings is 1. The molecular weight excluding hydrogens is 215 g/mol. The maximum Gasteiger partial charge on any atom is 0.360 e. The van der Waals surface area contributed by atoms with Crippen molar-refractivity contribution in [3.63, 3.8) is 0 Å². The minimum atomic E-state index is -3.78. The van der Waals surface area contributed by atoms with E-state index >= 15 is 0 Å². The van der Waals surface area contributed by atoms with Crippen LogP contribution in [-0.2, 0) is 4.57 Å². The van der Waals surface area contributed by atoms with Gasteiger partial charge in [0.05, 0.1) is 0 Å². The van der Waals surface area contributed by atoms with Crippen LogP contribution < -0.4 is 10.6 Å². The molecule has 0 aromatic heterocycles. The van der Waals surface area contributed by atoms with Gasteiger partial charge in [-0.15, -0.1) is 0 Å². The molecule has 1 unspecified atom stereocenters. The number of nitrogens with one attached hydrogen (secondary N) is 1. The van der Waals surface area contributed by atoms with Gasteiger partial charge in [0, 0.05) is 5.69 Å². The number of phenols is 1. The summed E-state index contributed by atoms with van der Waals surface area (Å²) in [5.74, 6) is 0.294. The zero-order valence-corrected chi connectivity index (χ0v) is 9.53. The summed E-state index contributed by atoms with van der Waals surface area (Å²) in [7, 11) is -3.78. The molecule has 5 nitrogen and oxygen atoms in total. The van der Waals surface area contributed by atoms with Crippen molar-refractivity contribution in [3.05, 3.63) is 23.8 Å². The quantitative estimate of drug-likeness (QED) is 0.470. The average molecular weight is 230 g/mol. The van der Waals surface area contributed by atoms with Crippen LogP contribution >= 0.6 is 7.67 Å². The average Bonchev–Trinajstić information content (AvgIpc) is 2.05. The van der Waals surface area contributed by atoms with Crippen LogP contribution in [0.4, 0.5) is 5.69 Å². The minimum absolute atomic E-state index is 0.127. The molecule has 0 heterocycles. The fourth-order valence-corrected chi connectivity index (χ4v) is 1.78. The van der Waals surface area contributed by atoms with Gasteiger partial charge in [-0.05, 0) is 29.7 Å². The van der Waals surface area contributed by atoms with Gasteiger partial charge in [0.1, 0.15) is 5.75 Å². The molecule has 0 fully saturated rings. The molecule has 0 radical (unpaired) electrons. The van der Waals surface area contributed by atoms with E-state index in [4.69, 9.17) is 10.4 Å². The fraction of sp³-hybridized carbons (Fsp3) is 0.333. The zero-order chi connectivity index (χ0) is 11.6. The van der Waals surface area contributed by atoms with E-state index in [-0.39, 0.29) is 11.7 Å². The van der Waals surface area contributed by atoms with Gasteiger partial charge < -0.3 is 15.1 Å². The van der Waals surface area contributed by atoms with E-state index in [1.807, 2.05) is 13.8 Å². The molecule has 0 bridgehead atoms. The first-order chi connectivity index (χ1) is 6.79. The second-order valence-electron chi connectivity index (χ2n) is 3.66. The van der Waals surface area contributed by atoms with Crippen molar-refractivity contribution in [2.24, 2.45) is 5.50 Å². The lowest BCUT2D eigenvalue weighted by molar-refractivity contribution is 0.464. The first-order valence-electron chi connectivity index (χ1n) is 4.52. The normalized spacial score (nSPS) is 15.0. The molecule has 1 aromatic carbocycles. The van der Waals surface area contributed by atoms with Crippen LogP contribution in [0.3, 0.4) is 0 Å². The minimum Gasteiger partial charge on any atom is -0.508 e. The molecule has 1 atom stereocenters. The predicted molar refractivity (Wildman–Crippen MR) is 59.8 cm³/mol. The zero-order valence-electron chi connectivity index (χ0n) is 8.64. The second kappa shape index (κ2) is 4.23. The molecule has 0 spiro atoms. The van der Waals surface area contributed by atoms with Crippen molar-refractivity contribution in [1.82, 2.24) is 0 Å². The van der Waals surface area contributed by atoms with E-state index in [1.54, 1.807) is 6.07 Å². The Hall–Kier alpha value is -1.03. The lowest BCUT2D eigenvalue weighted by Crippen LogP contribution is -2.04. The Labute approximate surface area is 88.5 Å². The van der Waals surface area contributed by atoms with E-state index in [2.05, 4.69) is 5.09 Å². The Morgan fingerprint density at radius 2 is 2.07 bits per heavy atom. The Bertz CT molecular complexity index is 400. The number of aromatic hydroxyl groups is 1. The largest absolute Gasteiger partial charge is 0.508 e. The van der Waals surface area contributed by atoms with Crippen molar-refractivity contribution in [3.8, 4) is 5.75 Å². The lowest BCUT2D eigenvalue weighted by atomic mass is 10.0. The van der Waals surface area contributed by atoms with Crippen LogP contribution in [0.1, 0.15) is 25.3 Å². The van der Waals surface area contributed by atoms with E-state index in [9.17, 15) is 9.67 Å². The first kappa shape index (κ1) is 12.0. The van der Waals surface area contributed by atoms with Gasteiger partial charge in [-0.3, -0.25) is 0 Å². The van der Waals surface area contributed by atoms with Crippen LogP contribution in [0.2, 0.25) is 0 Å². The van der Waals surface area contributed by atoms with Crippen molar-refractivity contribution in [2.45, 2.75) is 19.8 Å². The summed E-state index contributed by atoms with van der Waals surface area (Å²) >= 11 is 0. The van der Waals surface area contributed by atoms with Gasteiger partial charge in [-0.1, -0.05) is 13.8 Å². The molecule has 0 amide bonds. The summed E-state index contributed by atoms with van der Waals surface area (Å²) in [5, 5.41) is 11.8. The number of hydrogen-bond acceptors (Lipinski definition) is 2. The first-order valence-corrected chi connectivity index (χ1v) is 6.25. The van der Waals surface area contributed by atoms with Crippen molar-refractivity contribution in [2.75, 3.05) is 5.09 Å². The Kier molecular flexibility index (Phi) is 3.39. The lowest BCUT2D eigenvalue weighted by Gasteiger charge is -2.13. The fourth-order valence-electron chi connectivity index (χ4n) is 1.27. The van der Waals surface area contributed by atoms with Gasteiger partial charge in [0.25, 0.3) is 0 Å². The standard InChI is InChI=1S/C9H15N2O3P/c1-6(2)8-5-7(3-4-9(8)12)11-15(10,13)14/h3-6,12H,1-2H3,(H4,10,11,13,14). The van der Waals surface area contributed by atoms with E-state index in [0.29, 0.717) is 11.3 Å². The van der Waals surface area contributed by atoms with Crippen molar-refractivity contribution in [1.29, 1.82) is 0 Å². The third-order valence-electron chi connectivity index (χ3n) is 1.94. The summed E-state index contributed by atoms with van der Waals surface area (Å²) in [6.07, 6.45) is 0. The number of hydrogen-bond donors (Lipinski definition) is 4. The number of nitrogens with two attached hydrogens (primary N) is 1. The molecule has 0 aliphatic heterocycles. The summed E-state index contributed by atoms with van der Waals surface area (Å²) < 4.78 is 10.9. The summed E-state index contributed by atoms with van der Waals surface area (Å²) in [6, 6.07) is 4.57. The van der Waals surface area contributed by atoms with Crippen LogP contribution in [0, 0.1) is 0 Å². The Balaban J connectivity index is 3.03. The van der Waals surface area contributed by atoms with Gasteiger partial charge >= 0.3 is 7.67 Å². The Morgan fingerprint density at radius 1 is 1.47 bits per heavy atom. The van der Waals surface area contributed by atoms with Crippen molar-refractivity contribution < 1.29 is 14.6 Å². The van der Waals surface area contributed by atoms with E-state index in [1.165, 1.54) is 12.1 Å². The Morgan fingerprint density at radius 3 is 2.53 bits per heavy atom. The molecule has 5 N–H and O–H groups in total. The SMILES string of the molecule is CC(C)c1cc(NP(N)(=O)O)ccc1O. The van der Waals surface area contributed by atoms with Gasteiger partial charge in [-0.25, -0.2) is 10.1 Å². The molecule has 0 aliphatic carbocycles. The van der Waals surface area contributed by atoms with Gasteiger partial charge in [0.15, 0.2) is 0 Å².